The van der Waals surface area contributed by atoms with E-state index in [0.29, 0.717) is 12.0 Å². The Labute approximate surface area is 123 Å². The molecule has 0 aliphatic carbocycles. The van der Waals surface area contributed by atoms with Gasteiger partial charge in [-0.25, -0.2) is 4.98 Å². The van der Waals surface area contributed by atoms with Crippen LogP contribution in [0.15, 0.2) is 12.5 Å². The third-order valence-electron chi connectivity index (χ3n) is 4.50. The summed E-state index contributed by atoms with van der Waals surface area (Å²) in [4.78, 5) is 6.78. The van der Waals surface area contributed by atoms with Gasteiger partial charge in [-0.2, -0.15) is 0 Å². The van der Waals surface area contributed by atoms with Crippen LogP contribution < -0.4 is 5.32 Å². The molecule has 1 atom stereocenters. The summed E-state index contributed by atoms with van der Waals surface area (Å²) in [7, 11) is 2.21. The third-order valence-corrected chi connectivity index (χ3v) is 4.50. The van der Waals surface area contributed by atoms with E-state index in [0.717, 1.165) is 13.1 Å². The summed E-state index contributed by atoms with van der Waals surface area (Å²) in [6.45, 7) is 9.09. The number of nitrogens with one attached hydrogen (secondary N) is 1. The van der Waals surface area contributed by atoms with E-state index in [1.807, 2.05) is 6.33 Å². The Hall–Kier alpha value is -0.870. The Bertz CT molecular complexity index is 380. The van der Waals surface area contributed by atoms with Gasteiger partial charge in [0.2, 0.25) is 0 Å². The molecule has 1 unspecified atom stereocenters. The lowest BCUT2D eigenvalue weighted by Gasteiger charge is -2.24. The minimum Gasteiger partial charge on any atom is -0.334 e. The van der Waals surface area contributed by atoms with Gasteiger partial charge in [0.05, 0.1) is 6.33 Å². The predicted molar refractivity (Wildman–Crippen MR) is 84.1 cm³/mol. The van der Waals surface area contributed by atoms with Crippen LogP contribution in [0.25, 0.3) is 0 Å². The fourth-order valence-electron chi connectivity index (χ4n) is 2.86. The van der Waals surface area contributed by atoms with Crippen molar-refractivity contribution in [2.24, 2.45) is 0 Å². The summed E-state index contributed by atoms with van der Waals surface area (Å²) in [6, 6.07) is 0.645. The Morgan fingerprint density at radius 3 is 3.00 bits per heavy atom. The summed E-state index contributed by atoms with van der Waals surface area (Å²) in [5.74, 6) is 0.657. The number of nitrogens with zero attached hydrogens (tertiary/aromatic N) is 3. The first-order valence-corrected chi connectivity index (χ1v) is 8.09. The molecule has 4 nitrogen and oxygen atoms in total. The molecule has 1 saturated heterocycles. The Morgan fingerprint density at radius 1 is 1.45 bits per heavy atom. The lowest BCUT2D eigenvalue weighted by Crippen LogP contribution is -2.29. The second-order valence-electron chi connectivity index (χ2n) is 6.34. The number of hydrogen-bond acceptors (Lipinski definition) is 3. The maximum absolute atomic E-state index is 4.36. The van der Waals surface area contributed by atoms with Crippen LogP contribution in [0, 0.1) is 0 Å². The second kappa shape index (κ2) is 7.79. The number of aryl methyl sites for hydroxylation is 1. The zero-order valence-electron chi connectivity index (χ0n) is 13.3. The summed E-state index contributed by atoms with van der Waals surface area (Å²) in [5, 5.41) is 3.50. The first-order valence-electron chi connectivity index (χ1n) is 8.09. The van der Waals surface area contributed by atoms with Gasteiger partial charge in [0.1, 0.15) is 0 Å². The summed E-state index contributed by atoms with van der Waals surface area (Å²) in [5.41, 5.74) is 1.43. The minimum atomic E-state index is 0.645. The van der Waals surface area contributed by atoms with Crippen LogP contribution in [-0.2, 0) is 6.54 Å². The fraction of sp³-hybridized carbons (Fsp3) is 0.812. The Kier molecular flexibility index (Phi) is 6.05. The molecule has 0 aromatic carbocycles. The number of rotatable bonds is 7. The summed E-state index contributed by atoms with van der Waals surface area (Å²) < 4.78 is 2.37. The minimum absolute atomic E-state index is 0.645. The van der Waals surface area contributed by atoms with Gasteiger partial charge in [-0.05, 0) is 59.7 Å². The van der Waals surface area contributed by atoms with E-state index in [1.165, 1.54) is 44.5 Å². The number of unbranched alkanes of at least 4 members (excludes halogenated alkanes) is 1. The quantitative estimate of drug-likeness (QED) is 0.778. The van der Waals surface area contributed by atoms with Crippen LogP contribution >= 0.6 is 0 Å². The molecule has 0 bridgehead atoms. The number of hydrogen-bond donors (Lipinski definition) is 1. The van der Waals surface area contributed by atoms with Crippen molar-refractivity contribution in [3.8, 4) is 0 Å². The van der Waals surface area contributed by atoms with E-state index < -0.39 is 0 Å². The molecule has 1 aliphatic heterocycles. The van der Waals surface area contributed by atoms with Crippen molar-refractivity contribution >= 4 is 0 Å². The number of aromatic nitrogens is 2. The normalized spacial score (nSPS) is 19.9. The zero-order valence-corrected chi connectivity index (χ0v) is 13.3. The highest BCUT2D eigenvalue weighted by Crippen LogP contribution is 2.23. The average molecular weight is 278 g/mol. The maximum atomic E-state index is 4.36. The molecule has 4 heteroatoms. The standard InChI is InChI=1S/C16H30N4/c1-14(2)19(3)9-4-5-10-20-13-18-12-16(20)15-7-6-8-17-11-15/h12-15,17H,4-11H2,1-3H3. The van der Waals surface area contributed by atoms with Crippen molar-refractivity contribution in [1.82, 2.24) is 19.8 Å². The van der Waals surface area contributed by atoms with E-state index in [2.05, 4.69) is 46.9 Å². The number of imidazole rings is 1. The van der Waals surface area contributed by atoms with Crippen LogP contribution in [-0.4, -0.2) is 47.2 Å². The summed E-state index contributed by atoms with van der Waals surface area (Å²) >= 11 is 0. The van der Waals surface area contributed by atoms with Crippen LogP contribution in [0.5, 0.6) is 0 Å². The van der Waals surface area contributed by atoms with Crippen molar-refractivity contribution in [2.45, 2.75) is 58.0 Å². The van der Waals surface area contributed by atoms with E-state index in [1.54, 1.807) is 0 Å². The highest BCUT2D eigenvalue weighted by Gasteiger charge is 2.18. The lowest BCUT2D eigenvalue weighted by atomic mass is 9.96. The van der Waals surface area contributed by atoms with Crippen LogP contribution in [0.4, 0.5) is 0 Å². The molecule has 1 aromatic heterocycles. The molecule has 0 radical (unpaired) electrons. The Balaban J connectivity index is 1.77. The molecule has 1 N–H and O–H groups in total. The van der Waals surface area contributed by atoms with Gasteiger partial charge in [-0.15, -0.1) is 0 Å². The monoisotopic (exact) mass is 278 g/mol. The SMILES string of the molecule is CC(C)N(C)CCCCn1cncc1C1CCCNC1. The average Bonchev–Trinajstić information content (AvgIpc) is 2.92. The molecule has 2 heterocycles. The first-order chi connectivity index (χ1) is 9.68. The topological polar surface area (TPSA) is 33.1 Å². The molecular formula is C16H30N4. The van der Waals surface area contributed by atoms with Crippen LogP contribution in [0.3, 0.4) is 0 Å². The molecule has 0 amide bonds. The van der Waals surface area contributed by atoms with Gasteiger partial charge in [-0.3, -0.25) is 0 Å². The molecular weight excluding hydrogens is 248 g/mol. The molecule has 20 heavy (non-hydrogen) atoms. The van der Waals surface area contributed by atoms with Crippen molar-refractivity contribution < 1.29 is 0 Å². The van der Waals surface area contributed by atoms with E-state index in [9.17, 15) is 0 Å². The molecule has 114 valence electrons. The molecule has 0 saturated carbocycles. The van der Waals surface area contributed by atoms with E-state index >= 15 is 0 Å². The lowest BCUT2D eigenvalue weighted by molar-refractivity contribution is 0.266. The van der Waals surface area contributed by atoms with Crippen molar-refractivity contribution in [3.05, 3.63) is 18.2 Å². The predicted octanol–water partition coefficient (Wildman–Crippen LogP) is 2.47. The molecule has 0 spiro atoms. The highest BCUT2D eigenvalue weighted by atomic mass is 15.1. The molecule has 1 aromatic rings. The largest absolute Gasteiger partial charge is 0.334 e. The molecule has 1 fully saturated rings. The fourth-order valence-corrected chi connectivity index (χ4v) is 2.86. The van der Waals surface area contributed by atoms with Crippen LogP contribution in [0.1, 0.15) is 51.1 Å². The zero-order chi connectivity index (χ0) is 14.4. The van der Waals surface area contributed by atoms with Gasteiger partial charge in [0, 0.05) is 36.9 Å². The first kappa shape index (κ1) is 15.5. The van der Waals surface area contributed by atoms with Gasteiger partial charge >= 0.3 is 0 Å². The van der Waals surface area contributed by atoms with Gasteiger partial charge in [-0.1, -0.05) is 0 Å². The van der Waals surface area contributed by atoms with E-state index in [-0.39, 0.29) is 0 Å². The smallest absolute Gasteiger partial charge is 0.0948 e. The second-order valence-corrected chi connectivity index (χ2v) is 6.34. The highest BCUT2D eigenvalue weighted by molar-refractivity contribution is 5.08. The Morgan fingerprint density at radius 2 is 2.30 bits per heavy atom. The van der Waals surface area contributed by atoms with Crippen molar-refractivity contribution in [1.29, 1.82) is 0 Å². The van der Waals surface area contributed by atoms with Gasteiger partial charge < -0.3 is 14.8 Å². The summed E-state index contributed by atoms with van der Waals surface area (Å²) in [6.07, 6.45) is 9.16. The molecule has 1 aliphatic rings. The van der Waals surface area contributed by atoms with Crippen LogP contribution in [0.2, 0.25) is 0 Å². The number of piperidine rings is 1. The van der Waals surface area contributed by atoms with E-state index in [4.69, 9.17) is 0 Å². The molecule has 2 rings (SSSR count). The maximum Gasteiger partial charge on any atom is 0.0948 e. The van der Waals surface area contributed by atoms with Gasteiger partial charge in [0.25, 0.3) is 0 Å². The van der Waals surface area contributed by atoms with Crippen molar-refractivity contribution in [2.75, 3.05) is 26.7 Å². The van der Waals surface area contributed by atoms with Crippen molar-refractivity contribution in [3.63, 3.8) is 0 Å². The third kappa shape index (κ3) is 4.32. The van der Waals surface area contributed by atoms with Gasteiger partial charge in [0.15, 0.2) is 0 Å².